The number of ether oxygens (including phenoxy) is 1. The first-order valence-electron chi connectivity index (χ1n) is 11.7. The van der Waals surface area contributed by atoms with Crippen LogP contribution in [0.5, 0.6) is 5.88 Å². The molecule has 4 heterocycles. The van der Waals surface area contributed by atoms with Crippen molar-refractivity contribution in [1.29, 1.82) is 0 Å². The van der Waals surface area contributed by atoms with Gasteiger partial charge in [0.1, 0.15) is 17.1 Å². The Morgan fingerprint density at radius 3 is 2.70 bits per heavy atom. The number of carbonyl (C=O) groups is 1. The summed E-state index contributed by atoms with van der Waals surface area (Å²) in [5, 5.41) is 6.93. The van der Waals surface area contributed by atoms with Gasteiger partial charge in [0.2, 0.25) is 5.88 Å². The smallest absolute Gasteiger partial charge is 0.421 e. The summed E-state index contributed by atoms with van der Waals surface area (Å²) in [4.78, 5) is 27.9. The molecule has 1 atom stereocenters. The maximum absolute atomic E-state index is 14.1. The Hall–Kier alpha value is -3.54. The van der Waals surface area contributed by atoms with E-state index in [9.17, 15) is 22.4 Å². The van der Waals surface area contributed by atoms with Crippen molar-refractivity contribution < 1.29 is 31.9 Å². The van der Waals surface area contributed by atoms with Crippen LogP contribution in [-0.4, -0.2) is 46.2 Å². The Morgan fingerprint density at radius 2 is 1.95 bits per heavy atom. The summed E-state index contributed by atoms with van der Waals surface area (Å²) in [6, 6.07) is 8.47. The number of hydrogen-bond donors (Lipinski definition) is 0. The number of thiazole rings is 1. The van der Waals surface area contributed by atoms with Gasteiger partial charge in [0, 0.05) is 42.6 Å². The maximum Gasteiger partial charge on any atom is 0.421 e. The molecule has 0 spiro atoms. The van der Waals surface area contributed by atoms with Crippen LogP contribution in [0.4, 0.5) is 17.6 Å². The normalized spacial score (nSPS) is 18.4. The fourth-order valence-corrected chi connectivity index (χ4v) is 5.36. The lowest BCUT2D eigenvalue weighted by Gasteiger charge is -2.31. The molecular formula is C25H22F4N4O3S. The number of likely N-dealkylation sites (tertiary alicyclic amines) is 1. The van der Waals surface area contributed by atoms with E-state index in [0.717, 1.165) is 11.1 Å². The van der Waals surface area contributed by atoms with Crippen molar-refractivity contribution in [2.75, 3.05) is 19.7 Å². The molecule has 1 amide bonds. The number of nitrogens with zero attached hydrogens (tertiary/aromatic N) is 4. The Bertz CT molecular complexity index is 1300. The van der Waals surface area contributed by atoms with E-state index in [1.165, 1.54) is 29.7 Å². The highest BCUT2D eigenvalue weighted by molar-refractivity contribution is 7.10. The zero-order valence-electron chi connectivity index (χ0n) is 19.4. The molecule has 1 unspecified atom stereocenters. The maximum atomic E-state index is 14.1. The van der Waals surface area contributed by atoms with Crippen molar-refractivity contribution in [3.63, 3.8) is 0 Å². The van der Waals surface area contributed by atoms with Gasteiger partial charge in [0.15, 0.2) is 12.7 Å². The zero-order valence-corrected chi connectivity index (χ0v) is 20.3. The molecule has 12 heteroatoms. The number of rotatable bonds is 6. The lowest BCUT2D eigenvalue weighted by molar-refractivity contribution is -0.141. The summed E-state index contributed by atoms with van der Waals surface area (Å²) in [7, 11) is 0. The average molecular weight is 535 g/mol. The minimum absolute atomic E-state index is 0.140. The lowest BCUT2D eigenvalue weighted by atomic mass is 9.97. The first kappa shape index (κ1) is 25.1. The molecule has 2 aliphatic heterocycles. The second kappa shape index (κ2) is 10.4. The van der Waals surface area contributed by atoms with Gasteiger partial charge in [0.05, 0.1) is 10.7 Å². The van der Waals surface area contributed by atoms with E-state index in [1.807, 2.05) is 5.38 Å². The van der Waals surface area contributed by atoms with E-state index in [4.69, 9.17) is 14.6 Å². The molecule has 194 valence electrons. The number of halogens is 4. The highest BCUT2D eigenvalue weighted by atomic mass is 32.1. The van der Waals surface area contributed by atoms with E-state index in [0.29, 0.717) is 49.3 Å². The highest BCUT2D eigenvalue weighted by Gasteiger charge is 2.35. The third-order valence-corrected chi connectivity index (χ3v) is 7.35. The van der Waals surface area contributed by atoms with Gasteiger partial charge in [-0.05, 0) is 31.0 Å². The van der Waals surface area contributed by atoms with Gasteiger partial charge in [-0.1, -0.05) is 23.4 Å². The molecule has 2 aliphatic rings. The molecular weight excluding hydrogens is 512 g/mol. The van der Waals surface area contributed by atoms with Gasteiger partial charge in [-0.25, -0.2) is 14.4 Å². The van der Waals surface area contributed by atoms with E-state index >= 15 is 0 Å². The SMILES string of the molecule is O=C(COc1ncccc1C(F)(F)F)N1CCC(c2nc(C3=NOC(c4ccccc4F)C3)cs2)CC1. The summed E-state index contributed by atoms with van der Waals surface area (Å²) in [5.74, 6) is -1.20. The molecule has 1 saturated heterocycles. The van der Waals surface area contributed by atoms with Crippen molar-refractivity contribution in [1.82, 2.24) is 14.9 Å². The van der Waals surface area contributed by atoms with Gasteiger partial charge in [-0.3, -0.25) is 4.79 Å². The molecule has 0 aliphatic carbocycles. The Labute approximate surface area is 213 Å². The molecule has 37 heavy (non-hydrogen) atoms. The molecule has 0 N–H and O–H groups in total. The fraction of sp³-hybridized carbons (Fsp3) is 0.360. The molecule has 5 rings (SSSR count). The summed E-state index contributed by atoms with van der Waals surface area (Å²) in [6.45, 7) is 0.361. The lowest BCUT2D eigenvalue weighted by Crippen LogP contribution is -2.40. The molecule has 3 aromatic rings. The molecule has 1 fully saturated rings. The molecule has 0 bridgehead atoms. The quantitative estimate of drug-likeness (QED) is 0.399. The van der Waals surface area contributed by atoms with Crippen LogP contribution in [0.15, 0.2) is 53.1 Å². The predicted molar refractivity (Wildman–Crippen MR) is 127 cm³/mol. The van der Waals surface area contributed by atoms with E-state index < -0.39 is 36.2 Å². The van der Waals surface area contributed by atoms with E-state index in [1.54, 1.807) is 23.1 Å². The first-order chi connectivity index (χ1) is 17.8. The summed E-state index contributed by atoms with van der Waals surface area (Å²) < 4.78 is 58.5. The van der Waals surface area contributed by atoms with Crippen molar-refractivity contribution in [2.24, 2.45) is 5.16 Å². The molecule has 2 aromatic heterocycles. The van der Waals surface area contributed by atoms with Crippen molar-refractivity contribution in [3.05, 3.63) is 75.6 Å². The topological polar surface area (TPSA) is 76.9 Å². The predicted octanol–water partition coefficient (Wildman–Crippen LogP) is 5.35. The van der Waals surface area contributed by atoms with Crippen LogP contribution in [0, 0.1) is 5.82 Å². The number of alkyl halides is 3. The molecule has 0 saturated carbocycles. The summed E-state index contributed by atoms with van der Waals surface area (Å²) in [6.07, 6.45) is -2.17. The second-order valence-corrected chi connectivity index (χ2v) is 9.62. The Morgan fingerprint density at radius 1 is 1.16 bits per heavy atom. The second-order valence-electron chi connectivity index (χ2n) is 8.73. The molecule has 1 aromatic carbocycles. The number of piperidine rings is 1. The molecule has 7 nitrogen and oxygen atoms in total. The van der Waals surface area contributed by atoms with Crippen molar-refractivity contribution >= 4 is 23.0 Å². The largest absolute Gasteiger partial charge is 0.467 e. The number of oxime groups is 1. The van der Waals surface area contributed by atoms with Gasteiger partial charge >= 0.3 is 6.18 Å². The minimum Gasteiger partial charge on any atom is -0.467 e. The van der Waals surface area contributed by atoms with Crippen LogP contribution in [0.1, 0.15) is 53.1 Å². The third-order valence-electron chi connectivity index (χ3n) is 6.34. The summed E-state index contributed by atoms with van der Waals surface area (Å²) >= 11 is 1.50. The third kappa shape index (κ3) is 5.58. The van der Waals surface area contributed by atoms with Crippen LogP contribution < -0.4 is 4.74 Å². The average Bonchev–Trinajstić information content (AvgIpc) is 3.58. The monoisotopic (exact) mass is 534 g/mol. The van der Waals surface area contributed by atoms with Crippen LogP contribution in [-0.2, 0) is 15.8 Å². The number of carbonyl (C=O) groups excluding carboxylic acids is 1. The van der Waals surface area contributed by atoms with E-state index in [2.05, 4.69) is 10.1 Å². The van der Waals surface area contributed by atoms with Gasteiger partial charge in [-0.15, -0.1) is 11.3 Å². The zero-order chi connectivity index (χ0) is 26.0. The van der Waals surface area contributed by atoms with Crippen LogP contribution >= 0.6 is 11.3 Å². The van der Waals surface area contributed by atoms with Crippen LogP contribution in [0.25, 0.3) is 0 Å². The Kier molecular flexibility index (Phi) is 7.09. The first-order valence-corrected chi connectivity index (χ1v) is 12.5. The van der Waals surface area contributed by atoms with Gasteiger partial charge < -0.3 is 14.5 Å². The Balaban J connectivity index is 1.13. The highest BCUT2D eigenvalue weighted by Crippen LogP contribution is 2.36. The minimum atomic E-state index is -4.62. The van der Waals surface area contributed by atoms with Gasteiger partial charge in [0.25, 0.3) is 5.91 Å². The van der Waals surface area contributed by atoms with Gasteiger partial charge in [-0.2, -0.15) is 13.2 Å². The fourth-order valence-electron chi connectivity index (χ4n) is 4.36. The standard InChI is InChI=1S/C25H22F4N4O3S/c26-18-6-2-1-4-16(18)21-12-19(32-36-21)20-14-37-24(31-20)15-7-10-33(11-8-15)22(34)13-35-23-17(25(27,28)29)5-3-9-30-23/h1-6,9,14-15,21H,7-8,10-13H2. The van der Waals surface area contributed by atoms with Crippen molar-refractivity contribution in [3.8, 4) is 5.88 Å². The number of amides is 1. The van der Waals surface area contributed by atoms with Crippen LogP contribution in [0.3, 0.4) is 0 Å². The van der Waals surface area contributed by atoms with E-state index in [-0.39, 0.29) is 11.7 Å². The number of benzene rings is 1. The number of aromatic nitrogens is 2. The summed E-state index contributed by atoms with van der Waals surface area (Å²) in [5.41, 5.74) is 0.795. The number of pyridine rings is 1. The number of hydrogen-bond acceptors (Lipinski definition) is 7. The van der Waals surface area contributed by atoms with Crippen LogP contribution in [0.2, 0.25) is 0 Å². The molecule has 0 radical (unpaired) electrons. The van der Waals surface area contributed by atoms with Crippen molar-refractivity contribution in [2.45, 2.75) is 37.5 Å².